The lowest BCUT2D eigenvalue weighted by Gasteiger charge is -2.25. The molecule has 0 nitrogen and oxygen atoms in total. The Bertz CT molecular complexity index is 4780. The molecule has 0 radical (unpaired) electrons. The minimum absolute atomic E-state index is 0.193. The van der Waals surface area contributed by atoms with Gasteiger partial charge in [0.15, 0.2) is 0 Å². The van der Waals surface area contributed by atoms with Crippen molar-refractivity contribution in [3.8, 4) is 77.9 Å². The topological polar surface area (TPSA) is 0 Å². The van der Waals surface area contributed by atoms with E-state index in [1.165, 1.54) is 154 Å². The fourth-order valence-electron chi connectivity index (χ4n) is 14.7. The van der Waals surface area contributed by atoms with Crippen LogP contribution in [0.5, 0.6) is 0 Å². The van der Waals surface area contributed by atoms with Gasteiger partial charge in [0.1, 0.15) is 5.82 Å². The van der Waals surface area contributed by atoms with Crippen LogP contribution in [0.4, 0.5) is 4.39 Å². The van der Waals surface area contributed by atoms with Crippen LogP contribution in [0.1, 0.15) is 49.9 Å². The predicted octanol–water partition coefficient (Wildman–Crippen LogP) is 21.7. The highest BCUT2D eigenvalue weighted by atomic mass is 19.1. The van der Waals surface area contributed by atoms with E-state index in [1.807, 2.05) is 6.07 Å². The third-order valence-corrected chi connectivity index (χ3v) is 18.3. The van der Waals surface area contributed by atoms with Gasteiger partial charge >= 0.3 is 0 Å². The van der Waals surface area contributed by atoms with Crippen LogP contribution in [-0.4, -0.2) is 0 Å². The maximum absolute atomic E-state index is 14.8. The van der Waals surface area contributed by atoms with Crippen LogP contribution in [0.25, 0.3) is 143 Å². The Labute approximate surface area is 459 Å². The summed E-state index contributed by atoms with van der Waals surface area (Å²) < 4.78 is 14.8. The lowest BCUT2D eigenvalue weighted by Crippen LogP contribution is -2.15. The summed E-state index contributed by atoms with van der Waals surface area (Å²) >= 11 is 0. The van der Waals surface area contributed by atoms with Gasteiger partial charge in [0.2, 0.25) is 0 Å². The largest absolute Gasteiger partial charge is 0.207 e. The van der Waals surface area contributed by atoms with Crippen LogP contribution in [0.3, 0.4) is 0 Å². The fourth-order valence-corrected chi connectivity index (χ4v) is 14.7. The first-order valence-electron chi connectivity index (χ1n) is 27.8. The van der Waals surface area contributed by atoms with Gasteiger partial charge in [-0.1, -0.05) is 246 Å². The quantitative estimate of drug-likeness (QED) is 0.151. The first-order valence-corrected chi connectivity index (χ1v) is 27.8. The van der Waals surface area contributed by atoms with E-state index in [-0.39, 0.29) is 16.6 Å². The second-order valence-electron chi connectivity index (χ2n) is 23.1. The molecule has 79 heavy (non-hydrogen) atoms. The molecule has 0 aromatic heterocycles. The molecule has 2 aliphatic rings. The zero-order chi connectivity index (χ0) is 52.9. The van der Waals surface area contributed by atoms with Gasteiger partial charge in [-0.15, -0.1) is 0 Å². The smallest absolute Gasteiger partial charge is 0.123 e. The van der Waals surface area contributed by atoms with Crippen LogP contribution >= 0.6 is 0 Å². The molecule has 372 valence electrons. The van der Waals surface area contributed by atoms with Gasteiger partial charge in [0, 0.05) is 10.8 Å². The van der Waals surface area contributed by atoms with Crippen LogP contribution in [0.2, 0.25) is 0 Å². The van der Waals surface area contributed by atoms with Gasteiger partial charge in [0.05, 0.1) is 0 Å². The number of hydrogen-bond acceptors (Lipinski definition) is 0. The van der Waals surface area contributed by atoms with Crippen LogP contribution in [0.15, 0.2) is 249 Å². The zero-order valence-corrected chi connectivity index (χ0v) is 44.5. The molecule has 14 aromatic rings. The first kappa shape index (κ1) is 45.7. The molecular weight excluding hydrogens is 956 g/mol. The number of halogens is 1. The standard InChI is InChI=1S/C78H53F/c1-77(2)67-42-47(72-57-24-10-8-22-55(57)71(46-20-6-5-7-21-46)56-23-9-11-25-58(56)72)34-38-51(67)52-39-35-48(43-68(52)77)73-59-26-12-16-30-63(59)75(64-31-17-13-27-60(64)73)76-65-32-18-14-28-61(65)74(62-29-15-19-33-66(62)76)49-36-40-53-54-41-37-50(79)45-70(54)78(3,4)69(53)44-49/h5-45H,1-4H3. The average molecular weight is 1010 g/mol. The minimum Gasteiger partial charge on any atom is -0.207 e. The summed E-state index contributed by atoms with van der Waals surface area (Å²) in [5.74, 6) is -0.193. The highest BCUT2D eigenvalue weighted by molar-refractivity contribution is 6.30. The third-order valence-electron chi connectivity index (χ3n) is 18.3. The normalized spacial score (nSPS) is 13.8. The molecule has 0 amide bonds. The van der Waals surface area contributed by atoms with Gasteiger partial charge in [-0.05, 0) is 195 Å². The van der Waals surface area contributed by atoms with Gasteiger partial charge in [-0.2, -0.15) is 0 Å². The van der Waals surface area contributed by atoms with Crippen molar-refractivity contribution in [1.29, 1.82) is 0 Å². The molecule has 0 bridgehead atoms. The summed E-state index contributed by atoms with van der Waals surface area (Å²) in [4.78, 5) is 0. The Morgan fingerprint density at radius 2 is 0.443 bits per heavy atom. The predicted molar refractivity (Wildman–Crippen MR) is 334 cm³/mol. The summed E-state index contributed by atoms with van der Waals surface area (Å²) in [5.41, 5.74) is 21.7. The number of rotatable bonds is 5. The molecule has 0 spiro atoms. The molecule has 0 fully saturated rings. The molecule has 0 saturated carbocycles. The maximum atomic E-state index is 14.8. The van der Waals surface area contributed by atoms with E-state index in [1.54, 1.807) is 12.1 Å². The third kappa shape index (κ3) is 6.48. The summed E-state index contributed by atoms with van der Waals surface area (Å²) in [6.07, 6.45) is 0. The molecule has 1 heteroatoms. The van der Waals surface area contributed by atoms with Gasteiger partial charge < -0.3 is 0 Å². The molecule has 0 heterocycles. The Balaban J connectivity index is 0.866. The van der Waals surface area contributed by atoms with Crippen molar-refractivity contribution in [3.63, 3.8) is 0 Å². The van der Waals surface area contributed by atoms with Crippen LogP contribution in [0, 0.1) is 5.82 Å². The Hall–Kier alpha value is -9.43. The van der Waals surface area contributed by atoms with Crippen molar-refractivity contribution in [2.24, 2.45) is 0 Å². The average Bonchev–Trinajstić information content (AvgIpc) is 4.02. The fraction of sp³-hybridized carbons (Fsp3) is 0.0769. The van der Waals surface area contributed by atoms with Crippen molar-refractivity contribution >= 4 is 64.6 Å². The molecule has 0 atom stereocenters. The number of benzene rings is 14. The molecule has 14 aromatic carbocycles. The Morgan fingerprint density at radius 1 is 0.215 bits per heavy atom. The summed E-state index contributed by atoms with van der Waals surface area (Å²) in [6, 6.07) is 91.7. The highest BCUT2D eigenvalue weighted by Gasteiger charge is 2.38. The van der Waals surface area contributed by atoms with Crippen molar-refractivity contribution in [2.45, 2.75) is 38.5 Å². The lowest BCUT2D eigenvalue weighted by molar-refractivity contribution is 0.609. The summed E-state index contributed by atoms with van der Waals surface area (Å²) in [7, 11) is 0. The maximum Gasteiger partial charge on any atom is 0.123 e. The summed E-state index contributed by atoms with van der Waals surface area (Å²) in [6.45, 7) is 9.30. The van der Waals surface area contributed by atoms with E-state index in [0.717, 1.165) is 11.1 Å². The zero-order valence-electron chi connectivity index (χ0n) is 44.5. The number of hydrogen-bond donors (Lipinski definition) is 0. The number of fused-ring (bicyclic) bond motifs is 12. The van der Waals surface area contributed by atoms with Gasteiger partial charge in [0.25, 0.3) is 0 Å². The molecule has 0 unspecified atom stereocenters. The van der Waals surface area contributed by atoms with E-state index in [2.05, 4.69) is 258 Å². The second-order valence-corrected chi connectivity index (χ2v) is 23.1. The van der Waals surface area contributed by atoms with Crippen molar-refractivity contribution < 1.29 is 4.39 Å². The minimum atomic E-state index is -0.349. The highest BCUT2D eigenvalue weighted by Crippen LogP contribution is 2.56. The lowest BCUT2D eigenvalue weighted by atomic mass is 9.78. The SMILES string of the molecule is CC1(C)c2cc(F)ccc2-c2ccc(-c3c4ccccc4c(-c4c5ccccc5c(-c5ccc6c(c5)C(C)(C)c5cc(-c7c8ccccc8c(-c8ccccc8)c8ccccc78)ccc5-6)c5ccccc45)c4ccccc34)cc21. The summed E-state index contributed by atoms with van der Waals surface area (Å²) in [5, 5.41) is 14.9. The molecule has 2 aliphatic carbocycles. The van der Waals surface area contributed by atoms with Crippen molar-refractivity contribution in [1.82, 2.24) is 0 Å². The Kier molecular flexibility index (Phi) is 9.72. The first-order chi connectivity index (χ1) is 38.6. The van der Waals surface area contributed by atoms with E-state index in [4.69, 9.17) is 0 Å². The van der Waals surface area contributed by atoms with Crippen LogP contribution < -0.4 is 0 Å². The van der Waals surface area contributed by atoms with Crippen LogP contribution in [-0.2, 0) is 10.8 Å². The van der Waals surface area contributed by atoms with Gasteiger partial charge in [-0.3, -0.25) is 0 Å². The van der Waals surface area contributed by atoms with E-state index in [9.17, 15) is 4.39 Å². The van der Waals surface area contributed by atoms with E-state index < -0.39 is 0 Å². The van der Waals surface area contributed by atoms with Gasteiger partial charge in [-0.25, -0.2) is 4.39 Å². The van der Waals surface area contributed by atoms with E-state index >= 15 is 0 Å². The molecule has 0 aliphatic heterocycles. The van der Waals surface area contributed by atoms with E-state index in [0.29, 0.717) is 0 Å². The second kappa shape index (κ2) is 16.8. The molecule has 0 saturated heterocycles. The molecule has 0 N–H and O–H groups in total. The molecular formula is C78H53F. The van der Waals surface area contributed by atoms with Crippen molar-refractivity contribution in [3.05, 3.63) is 277 Å². The molecule has 16 rings (SSSR count). The van der Waals surface area contributed by atoms with Crippen molar-refractivity contribution in [2.75, 3.05) is 0 Å². The Morgan fingerprint density at radius 3 is 0.734 bits per heavy atom. The monoisotopic (exact) mass is 1010 g/mol.